The van der Waals surface area contributed by atoms with E-state index in [1.54, 1.807) is 13.0 Å². The van der Waals surface area contributed by atoms with Crippen LogP contribution in [0.3, 0.4) is 0 Å². The lowest BCUT2D eigenvalue weighted by molar-refractivity contribution is 0.384. The lowest BCUT2D eigenvalue weighted by Gasteiger charge is -2.20. The summed E-state index contributed by atoms with van der Waals surface area (Å²) in [6.07, 6.45) is 0. The van der Waals surface area contributed by atoms with Crippen molar-refractivity contribution < 1.29 is 17.5 Å². The van der Waals surface area contributed by atoms with E-state index in [2.05, 4.69) is 15.4 Å². The molecule has 1 aromatic heterocycles. The van der Waals surface area contributed by atoms with Gasteiger partial charge in [0, 0.05) is 18.7 Å². The van der Waals surface area contributed by atoms with Crippen molar-refractivity contribution in [2.24, 2.45) is 0 Å². The van der Waals surface area contributed by atoms with Crippen molar-refractivity contribution in [3.8, 4) is 17.1 Å². The Bertz CT molecular complexity index is 1060. The van der Waals surface area contributed by atoms with Gasteiger partial charge in [0.1, 0.15) is 0 Å². The van der Waals surface area contributed by atoms with E-state index in [9.17, 15) is 12.8 Å². The Kier molecular flexibility index (Phi) is 6.55. The van der Waals surface area contributed by atoms with Crippen LogP contribution in [0.5, 0.6) is 5.75 Å². The van der Waals surface area contributed by atoms with E-state index in [0.29, 0.717) is 11.4 Å². The molecule has 154 valence electrons. The average molecular weight is 419 g/mol. The molecule has 8 nitrogen and oxygen atoms in total. The molecule has 1 heterocycles. The van der Waals surface area contributed by atoms with Gasteiger partial charge in [-0.05, 0) is 22.9 Å². The molecule has 2 aromatic carbocycles. The summed E-state index contributed by atoms with van der Waals surface area (Å²) in [5.41, 5.74) is 1.34. The summed E-state index contributed by atoms with van der Waals surface area (Å²) in [6.45, 7) is 2.13. The Labute approximate surface area is 169 Å². The summed E-state index contributed by atoms with van der Waals surface area (Å²) >= 11 is 0. The van der Waals surface area contributed by atoms with Gasteiger partial charge in [-0.2, -0.15) is 9.10 Å². The lowest BCUT2D eigenvalue weighted by atomic mass is 10.2. The largest absolute Gasteiger partial charge is 0.494 e. The normalized spacial score (nSPS) is 11.7. The number of hydrogen-bond acceptors (Lipinski definition) is 6. The van der Waals surface area contributed by atoms with Gasteiger partial charge in [0.2, 0.25) is 15.8 Å². The van der Waals surface area contributed by atoms with Crippen LogP contribution in [0, 0.1) is 5.82 Å². The zero-order valence-electron chi connectivity index (χ0n) is 16.2. The summed E-state index contributed by atoms with van der Waals surface area (Å²) < 4.78 is 45.6. The van der Waals surface area contributed by atoms with Crippen LogP contribution in [0.4, 0.5) is 4.39 Å². The van der Waals surface area contributed by atoms with E-state index in [1.807, 2.05) is 30.3 Å². The highest BCUT2D eigenvalue weighted by Gasteiger charge is 2.22. The minimum Gasteiger partial charge on any atom is -0.494 e. The minimum absolute atomic E-state index is 0.0651. The first-order valence-corrected chi connectivity index (χ1v) is 10.7. The third-order valence-corrected chi connectivity index (χ3v) is 6.23. The molecule has 0 unspecified atom stereocenters. The zero-order valence-corrected chi connectivity index (χ0v) is 17.0. The third-order valence-electron chi connectivity index (χ3n) is 4.36. The number of methoxy groups -OCH3 is 1. The van der Waals surface area contributed by atoms with Crippen molar-refractivity contribution in [2.75, 3.05) is 19.4 Å². The summed E-state index contributed by atoms with van der Waals surface area (Å²) in [4.78, 5) is 1.26. The third kappa shape index (κ3) is 5.15. The molecule has 0 radical (unpaired) electrons. The van der Waals surface area contributed by atoms with Crippen molar-refractivity contribution in [3.63, 3.8) is 0 Å². The number of ether oxygens (including phenoxy) is 1. The Morgan fingerprint density at radius 1 is 1.17 bits per heavy atom. The van der Waals surface area contributed by atoms with E-state index in [-0.39, 0.29) is 31.1 Å². The van der Waals surface area contributed by atoms with Crippen molar-refractivity contribution in [3.05, 3.63) is 59.9 Å². The van der Waals surface area contributed by atoms with Crippen LogP contribution >= 0.6 is 0 Å². The number of tetrazole rings is 1. The van der Waals surface area contributed by atoms with Gasteiger partial charge in [-0.25, -0.2) is 12.8 Å². The average Bonchev–Trinajstić information content (AvgIpc) is 3.20. The molecule has 3 aromatic rings. The maximum absolute atomic E-state index is 13.9. The number of aryl methyl sites for hydroxylation is 1. The maximum atomic E-state index is 13.9. The van der Waals surface area contributed by atoms with E-state index < -0.39 is 15.8 Å². The first kappa shape index (κ1) is 20.9. The van der Waals surface area contributed by atoms with Gasteiger partial charge in [-0.3, -0.25) is 0 Å². The van der Waals surface area contributed by atoms with Crippen LogP contribution in [-0.4, -0.2) is 52.3 Å². The molecule has 0 saturated heterocycles. The topological polar surface area (TPSA) is 90.2 Å². The summed E-state index contributed by atoms with van der Waals surface area (Å²) in [5.74, 6) is -0.168. The Balaban J connectivity index is 1.66. The summed E-state index contributed by atoms with van der Waals surface area (Å²) in [5, 5.41) is 12.1. The van der Waals surface area contributed by atoms with Crippen LogP contribution < -0.4 is 4.74 Å². The molecule has 0 aliphatic rings. The number of aromatic nitrogens is 4. The van der Waals surface area contributed by atoms with Crippen molar-refractivity contribution in [1.29, 1.82) is 0 Å². The SMILES string of the molecule is CCN(Cc1ccc(OC)c(F)c1)S(=O)(=O)CCn1nnc(-c2ccccc2)n1. The number of nitrogens with zero attached hydrogens (tertiary/aromatic N) is 5. The molecule has 0 atom stereocenters. The van der Waals surface area contributed by atoms with Gasteiger partial charge in [0.15, 0.2) is 11.6 Å². The first-order chi connectivity index (χ1) is 13.9. The van der Waals surface area contributed by atoms with E-state index in [0.717, 1.165) is 5.56 Å². The predicted molar refractivity (Wildman–Crippen MR) is 106 cm³/mol. The summed E-state index contributed by atoms with van der Waals surface area (Å²) in [6, 6.07) is 13.7. The Hall–Kier alpha value is -2.85. The fourth-order valence-corrected chi connectivity index (χ4v) is 4.18. The van der Waals surface area contributed by atoms with Crippen molar-refractivity contribution in [2.45, 2.75) is 20.0 Å². The highest BCUT2D eigenvalue weighted by Crippen LogP contribution is 2.20. The second-order valence-electron chi connectivity index (χ2n) is 6.29. The molecule has 3 rings (SSSR count). The highest BCUT2D eigenvalue weighted by atomic mass is 32.2. The smallest absolute Gasteiger partial charge is 0.216 e. The zero-order chi connectivity index (χ0) is 20.9. The highest BCUT2D eigenvalue weighted by molar-refractivity contribution is 7.89. The quantitative estimate of drug-likeness (QED) is 0.529. The number of sulfonamides is 1. The van der Waals surface area contributed by atoms with Gasteiger partial charge in [0.05, 0.1) is 19.4 Å². The number of benzene rings is 2. The van der Waals surface area contributed by atoms with Gasteiger partial charge in [-0.1, -0.05) is 43.3 Å². The molecule has 0 spiro atoms. The molecule has 0 aliphatic carbocycles. The van der Waals surface area contributed by atoms with Crippen LogP contribution in [0.1, 0.15) is 12.5 Å². The monoisotopic (exact) mass is 419 g/mol. The number of halogens is 1. The van der Waals surface area contributed by atoms with Crippen LogP contribution in [-0.2, 0) is 23.1 Å². The van der Waals surface area contributed by atoms with Crippen LogP contribution in [0.2, 0.25) is 0 Å². The number of rotatable bonds is 9. The standard InChI is InChI=1S/C19H22FN5O3S/c1-3-24(14-15-9-10-18(28-2)17(20)13-15)29(26,27)12-11-25-22-19(21-23-25)16-7-5-4-6-8-16/h4-10,13H,3,11-12,14H2,1-2H3. The van der Waals surface area contributed by atoms with Crippen LogP contribution in [0.25, 0.3) is 11.4 Å². The van der Waals surface area contributed by atoms with E-state index in [4.69, 9.17) is 4.74 Å². The molecular weight excluding hydrogens is 397 g/mol. The minimum atomic E-state index is -3.60. The van der Waals surface area contributed by atoms with Crippen LogP contribution in [0.15, 0.2) is 48.5 Å². The van der Waals surface area contributed by atoms with Gasteiger partial charge in [-0.15, -0.1) is 10.2 Å². The molecule has 0 aliphatic heterocycles. The molecular formula is C19H22FN5O3S. The van der Waals surface area contributed by atoms with Gasteiger partial charge in [0.25, 0.3) is 0 Å². The first-order valence-electron chi connectivity index (χ1n) is 9.06. The fraction of sp³-hybridized carbons (Fsp3) is 0.316. The molecule has 0 N–H and O–H groups in total. The Morgan fingerprint density at radius 2 is 1.93 bits per heavy atom. The van der Waals surface area contributed by atoms with Crippen molar-refractivity contribution >= 4 is 10.0 Å². The van der Waals surface area contributed by atoms with E-state index in [1.165, 1.54) is 28.3 Å². The molecule has 29 heavy (non-hydrogen) atoms. The second kappa shape index (κ2) is 9.10. The van der Waals surface area contributed by atoms with Crippen molar-refractivity contribution in [1.82, 2.24) is 24.5 Å². The molecule has 0 amide bonds. The number of hydrogen-bond donors (Lipinski definition) is 0. The summed E-state index contributed by atoms with van der Waals surface area (Å²) in [7, 11) is -2.22. The molecule has 0 fully saturated rings. The maximum Gasteiger partial charge on any atom is 0.216 e. The van der Waals surface area contributed by atoms with Gasteiger partial charge < -0.3 is 4.74 Å². The molecule has 10 heteroatoms. The molecule has 0 bridgehead atoms. The second-order valence-corrected chi connectivity index (χ2v) is 8.37. The van der Waals surface area contributed by atoms with E-state index >= 15 is 0 Å². The lowest BCUT2D eigenvalue weighted by Crippen LogP contribution is -2.34. The molecule has 0 saturated carbocycles. The van der Waals surface area contributed by atoms with Gasteiger partial charge >= 0.3 is 0 Å². The fourth-order valence-electron chi connectivity index (χ4n) is 2.79. The Morgan fingerprint density at radius 3 is 2.59 bits per heavy atom. The predicted octanol–water partition coefficient (Wildman–Crippen LogP) is 2.34.